The lowest BCUT2D eigenvalue weighted by molar-refractivity contribution is -0.147. The zero-order valence-corrected chi connectivity index (χ0v) is 12.0. The van der Waals surface area contributed by atoms with E-state index in [1.165, 1.54) is 0 Å². The molecule has 0 aliphatic carbocycles. The molecule has 0 rings (SSSR count). The van der Waals surface area contributed by atoms with Gasteiger partial charge in [-0.15, -0.1) is 0 Å². The second-order valence-corrected chi connectivity index (χ2v) is 6.36. The van der Waals surface area contributed by atoms with Gasteiger partial charge in [-0.3, -0.25) is 4.79 Å². The van der Waals surface area contributed by atoms with Gasteiger partial charge in [-0.1, -0.05) is 20.8 Å². The Kier molecular flexibility index (Phi) is 6.13. The van der Waals surface area contributed by atoms with E-state index in [1.807, 2.05) is 41.5 Å². The largest absolute Gasteiger partial charge is 0.463 e. The highest BCUT2D eigenvalue weighted by molar-refractivity contribution is 5.70. The van der Waals surface area contributed by atoms with Crippen molar-refractivity contribution in [3.8, 4) is 0 Å². The Bertz CT molecular complexity index is 238. The molecule has 0 aliphatic heterocycles. The van der Waals surface area contributed by atoms with Crippen LogP contribution in [0.4, 0.5) is 0 Å². The fraction of sp³-hybridized carbons (Fsp3) is 0.923. The first-order valence-corrected chi connectivity index (χ1v) is 6.07. The summed E-state index contributed by atoms with van der Waals surface area (Å²) in [5.41, 5.74) is 5.61. The molecule has 0 saturated carbocycles. The standard InChI is InChI=1S/C13H27NO3/c1-12(2,3)10(14)9-11(15)16-7-8-17-13(4,5)6/h10H,7-9,14H2,1-6H3. The Labute approximate surface area is 105 Å². The Morgan fingerprint density at radius 2 is 1.65 bits per heavy atom. The lowest BCUT2D eigenvalue weighted by atomic mass is 9.85. The van der Waals surface area contributed by atoms with E-state index in [-0.39, 0.29) is 36.1 Å². The molecule has 4 nitrogen and oxygen atoms in total. The van der Waals surface area contributed by atoms with Crippen molar-refractivity contribution in [2.24, 2.45) is 11.1 Å². The van der Waals surface area contributed by atoms with Crippen molar-refractivity contribution in [2.45, 2.75) is 59.6 Å². The average molecular weight is 245 g/mol. The maximum Gasteiger partial charge on any atom is 0.307 e. The second kappa shape index (κ2) is 6.36. The van der Waals surface area contributed by atoms with Gasteiger partial charge in [0.1, 0.15) is 6.61 Å². The van der Waals surface area contributed by atoms with Crippen molar-refractivity contribution in [1.82, 2.24) is 0 Å². The topological polar surface area (TPSA) is 61.5 Å². The SMILES string of the molecule is CC(C)(C)OCCOC(=O)CC(N)C(C)(C)C. The molecule has 0 fully saturated rings. The van der Waals surface area contributed by atoms with E-state index >= 15 is 0 Å². The molecule has 0 saturated heterocycles. The minimum Gasteiger partial charge on any atom is -0.463 e. The maximum absolute atomic E-state index is 11.5. The monoisotopic (exact) mass is 245 g/mol. The van der Waals surface area contributed by atoms with Crippen LogP contribution in [0.3, 0.4) is 0 Å². The van der Waals surface area contributed by atoms with Crippen molar-refractivity contribution in [1.29, 1.82) is 0 Å². The molecule has 0 heterocycles. The molecule has 17 heavy (non-hydrogen) atoms. The molecule has 0 amide bonds. The highest BCUT2D eigenvalue weighted by Gasteiger charge is 2.23. The van der Waals surface area contributed by atoms with Crippen molar-refractivity contribution in [2.75, 3.05) is 13.2 Å². The van der Waals surface area contributed by atoms with Gasteiger partial charge < -0.3 is 15.2 Å². The van der Waals surface area contributed by atoms with Gasteiger partial charge in [0.25, 0.3) is 0 Å². The molecule has 4 heteroatoms. The van der Waals surface area contributed by atoms with E-state index in [9.17, 15) is 4.79 Å². The van der Waals surface area contributed by atoms with Gasteiger partial charge in [-0.25, -0.2) is 0 Å². The number of hydrogen-bond donors (Lipinski definition) is 1. The Morgan fingerprint density at radius 1 is 1.12 bits per heavy atom. The van der Waals surface area contributed by atoms with E-state index in [0.29, 0.717) is 6.61 Å². The number of hydrogen-bond acceptors (Lipinski definition) is 4. The molecule has 0 bridgehead atoms. The molecular formula is C13H27NO3. The van der Waals surface area contributed by atoms with Crippen molar-refractivity contribution >= 4 is 5.97 Å². The van der Waals surface area contributed by atoms with Crippen LogP contribution < -0.4 is 5.73 Å². The van der Waals surface area contributed by atoms with Gasteiger partial charge in [0.15, 0.2) is 0 Å². The number of esters is 1. The molecule has 0 aromatic rings. The lowest BCUT2D eigenvalue weighted by Gasteiger charge is -2.26. The quantitative estimate of drug-likeness (QED) is 0.595. The predicted molar refractivity (Wildman–Crippen MR) is 68.7 cm³/mol. The van der Waals surface area contributed by atoms with Crippen molar-refractivity contribution in [3.63, 3.8) is 0 Å². The Hall–Kier alpha value is -0.610. The van der Waals surface area contributed by atoms with E-state index in [1.54, 1.807) is 0 Å². The zero-order chi connectivity index (χ0) is 13.7. The summed E-state index contributed by atoms with van der Waals surface area (Å²) < 4.78 is 10.5. The van der Waals surface area contributed by atoms with Crippen LogP contribution in [0.2, 0.25) is 0 Å². The molecule has 0 radical (unpaired) electrons. The van der Waals surface area contributed by atoms with Crippen LogP contribution in [-0.2, 0) is 14.3 Å². The number of carbonyl (C=O) groups is 1. The van der Waals surface area contributed by atoms with Crippen LogP contribution in [0, 0.1) is 5.41 Å². The van der Waals surface area contributed by atoms with Gasteiger partial charge in [-0.05, 0) is 26.2 Å². The zero-order valence-electron chi connectivity index (χ0n) is 12.0. The van der Waals surface area contributed by atoms with Crippen LogP contribution in [0.1, 0.15) is 48.0 Å². The smallest absolute Gasteiger partial charge is 0.307 e. The minimum absolute atomic E-state index is 0.0824. The second-order valence-electron chi connectivity index (χ2n) is 6.36. The molecular weight excluding hydrogens is 218 g/mol. The molecule has 2 N–H and O–H groups in total. The molecule has 1 unspecified atom stereocenters. The average Bonchev–Trinajstić information content (AvgIpc) is 2.09. The molecule has 1 atom stereocenters. The number of nitrogens with two attached hydrogens (primary N) is 1. The first kappa shape index (κ1) is 16.4. The van der Waals surface area contributed by atoms with Crippen molar-refractivity contribution < 1.29 is 14.3 Å². The maximum atomic E-state index is 11.5. The Morgan fingerprint density at radius 3 is 2.06 bits per heavy atom. The molecule has 0 spiro atoms. The van der Waals surface area contributed by atoms with E-state index in [0.717, 1.165) is 0 Å². The fourth-order valence-corrected chi connectivity index (χ4v) is 1.05. The summed E-state index contributed by atoms with van der Waals surface area (Å²) in [7, 11) is 0. The summed E-state index contributed by atoms with van der Waals surface area (Å²) in [6, 6.07) is -0.182. The van der Waals surface area contributed by atoms with Crippen LogP contribution in [0.15, 0.2) is 0 Å². The number of ether oxygens (including phenoxy) is 2. The van der Waals surface area contributed by atoms with Crippen molar-refractivity contribution in [3.05, 3.63) is 0 Å². The summed E-state index contributed by atoms with van der Waals surface area (Å²) >= 11 is 0. The first-order chi connectivity index (χ1) is 7.52. The third-order valence-electron chi connectivity index (χ3n) is 2.38. The van der Waals surface area contributed by atoms with E-state index in [2.05, 4.69) is 0 Å². The number of carbonyl (C=O) groups excluding carboxylic acids is 1. The molecule has 0 aromatic heterocycles. The molecule has 102 valence electrons. The van der Waals surface area contributed by atoms with Crippen LogP contribution in [-0.4, -0.2) is 30.8 Å². The predicted octanol–water partition coefficient (Wildman–Crippen LogP) is 2.11. The van der Waals surface area contributed by atoms with Gasteiger partial charge in [0.2, 0.25) is 0 Å². The highest BCUT2D eigenvalue weighted by atomic mass is 16.6. The number of rotatable bonds is 5. The van der Waals surface area contributed by atoms with E-state index in [4.69, 9.17) is 15.2 Å². The third-order valence-corrected chi connectivity index (χ3v) is 2.38. The van der Waals surface area contributed by atoms with E-state index < -0.39 is 0 Å². The summed E-state index contributed by atoms with van der Waals surface area (Å²) in [4.78, 5) is 11.5. The minimum atomic E-state index is -0.259. The van der Waals surface area contributed by atoms with Crippen LogP contribution >= 0.6 is 0 Å². The van der Waals surface area contributed by atoms with Gasteiger partial charge >= 0.3 is 5.97 Å². The molecule has 0 aliphatic rings. The first-order valence-electron chi connectivity index (χ1n) is 6.07. The summed E-state index contributed by atoms with van der Waals surface area (Å²) in [5.74, 6) is -0.259. The third kappa shape index (κ3) is 9.12. The normalized spacial score (nSPS) is 14.5. The summed E-state index contributed by atoms with van der Waals surface area (Å²) in [5, 5.41) is 0. The van der Waals surface area contributed by atoms with Crippen LogP contribution in [0.25, 0.3) is 0 Å². The molecule has 0 aromatic carbocycles. The summed E-state index contributed by atoms with van der Waals surface area (Å²) in [6.45, 7) is 12.6. The Balaban J connectivity index is 3.75. The van der Waals surface area contributed by atoms with Gasteiger partial charge in [0, 0.05) is 6.04 Å². The van der Waals surface area contributed by atoms with Gasteiger partial charge in [0.05, 0.1) is 18.6 Å². The van der Waals surface area contributed by atoms with Gasteiger partial charge in [-0.2, -0.15) is 0 Å². The van der Waals surface area contributed by atoms with Crippen LogP contribution in [0.5, 0.6) is 0 Å². The highest BCUT2D eigenvalue weighted by Crippen LogP contribution is 2.19. The lowest BCUT2D eigenvalue weighted by Crippen LogP contribution is -2.37. The fourth-order valence-electron chi connectivity index (χ4n) is 1.05. The summed E-state index contributed by atoms with van der Waals surface area (Å²) in [6.07, 6.45) is 0.249.